The smallest absolute Gasteiger partial charge is 0.123 e. The van der Waals surface area contributed by atoms with Gasteiger partial charge in [-0.15, -0.1) is 0 Å². The molecule has 4 heteroatoms. The van der Waals surface area contributed by atoms with Gasteiger partial charge in [-0.1, -0.05) is 18.5 Å². The standard InChI is InChI=1S/C14H20ClNO2/c1-4-16-7-14(8-18-9-14)11-6-12(15)10(2)5-13(11)17-3/h5-6,16H,4,7-9H2,1-3H3. The first-order valence-corrected chi connectivity index (χ1v) is 6.64. The summed E-state index contributed by atoms with van der Waals surface area (Å²) in [6.45, 7) is 7.36. The Morgan fingerprint density at radius 3 is 2.67 bits per heavy atom. The topological polar surface area (TPSA) is 30.5 Å². The Hall–Kier alpha value is -0.770. The van der Waals surface area contributed by atoms with E-state index in [0.29, 0.717) is 0 Å². The van der Waals surface area contributed by atoms with Gasteiger partial charge in [-0.3, -0.25) is 0 Å². The number of benzene rings is 1. The maximum absolute atomic E-state index is 6.25. The molecule has 1 aromatic carbocycles. The van der Waals surface area contributed by atoms with Gasteiger partial charge in [0, 0.05) is 17.1 Å². The molecule has 0 amide bonds. The molecule has 3 nitrogen and oxygen atoms in total. The van der Waals surface area contributed by atoms with E-state index >= 15 is 0 Å². The number of hydrogen-bond donors (Lipinski definition) is 1. The zero-order valence-electron chi connectivity index (χ0n) is 11.2. The Balaban J connectivity index is 2.38. The highest BCUT2D eigenvalue weighted by Crippen LogP contribution is 2.40. The maximum atomic E-state index is 6.25. The predicted molar refractivity (Wildman–Crippen MR) is 73.8 cm³/mol. The largest absolute Gasteiger partial charge is 0.496 e. The van der Waals surface area contributed by atoms with Crippen molar-refractivity contribution in [3.8, 4) is 5.75 Å². The number of halogens is 1. The van der Waals surface area contributed by atoms with Crippen molar-refractivity contribution < 1.29 is 9.47 Å². The summed E-state index contributed by atoms with van der Waals surface area (Å²) in [7, 11) is 1.70. The van der Waals surface area contributed by atoms with Crippen LogP contribution in [-0.4, -0.2) is 33.4 Å². The van der Waals surface area contributed by atoms with Gasteiger partial charge < -0.3 is 14.8 Å². The fraction of sp³-hybridized carbons (Fsp3) is 0.571. The Labute approximate surface area is 113 Å². The molecule has 0 bridgehead atoms. The second-order valence-corrected chi connectivity index (χ2v) is 5.26. The normalized spacial score (nSPS) is 17.3. The number of nitrogens with one attached hydrogen (secondary N) is 1. The van der Waals surface area contributed by atoms with Gasteiger partial charge in [0.15, 0.2) is 0 Å². The molecule has 0 aliphatic carbocycles. The third-order valence-electron chi connectivity index (χ3n) is 3.52. The van der Waals surface area contributed by atoms with E-state index in [1.165, 1.54) is 0 Å². The zero-order valence-corrected chi connectivity index (χ0v) is 11.9. The van der Waals surface area contributed by atoms with Crippen molar-refractivity contribution in [2.24, 2.45) is 0 Å². The van der Waals surface area contributed by atoms with E-state index in [1.807, 2.05) is 19.1 Å². The average Bonchev–Trinajstić information content (AvgIpc) is 2.32. The third-order valence-corrected chi connectivity index (χ3v) is 3.93. The molecule has 1 aliphatic heterocycles. The van der Waals surface area contributed by atoms with E-state index in [2.05, 4.69) is 12.2 Å². The fourth-order valence-corrected chi connectivity index (χ4v) is 2.47. The van der Waals surface area contributed by atoms with Gasteiger partial charge in [-0.25, -0.2) is 0 Å². The van der Waals surface area contributed by atoms with Gasteiger partial charge in [-0.05, 0) is 31.2 Å². The molecular formula is C14H20ClNO2. The van der Waals surface area contributed by atoms with Crippen LogP contribution in [0.1, 0.15) is 18.1 Å². The molecule has 1 fully saturated rings. The molecule has 100 valence electrons. The number of likely N-dealkylation sites (N-methyl/N-ethyl adjacent to an activating group) is 1. The van der Waals surface area contributed by atoms with E-state index in [1.54, 1.807) is 7.11 Å². The Morgan fingerprint density at radius 1 is 1.44 bits per heavy atom. The predicted octanol–water partition coefficient (Wildman–Crippen LogP) is 2.53. The monoisotopic (exact) mass is 269 g/mol. The van der Waals surface area contributed by atoms with Crippen molar-refractivity contribution >= 4 is 11.6 Å². The lowest BCUT2D eigenvalue weighted by Gasteiger charge is -2.42. The van der Waals surface area contributed by atoms with Gasteiger partial charge in [-0.2, -0.15) is 0 Å². The first-order chi connectivity index (χ1) is 8.63. The van der Waals surface area contributed by atoms with Crippen molar-refractivity contribution in [1.29, 1.82) is 0 Å². The van der Waals surface area contributed by atoms with E-state index in [9.17, 15) is 0 Å². The molecule has 18 heavy (non-hydrogen) atoms. The van der Waals surface area contributed by atoms with Crippen molar-refractivity contribution in [1.82, 2.24) is 5.32 Å². The molecular weight excluding hydrogens is 250 g/mol. The van der Waals surface area contributed by atoms with Crippen LogP contribution in [0, 0.1) is 6.92 Å². The summed E-state index contributed by atoms with van der Waals surface area (Å²) in [5.41, 5.74) is 2.18. The lowest BCUT2D eigenvalue weighted by molar-refractivity contribution is -0.0597. The van der Waals surface area contributed by atoms with Crippen LogP contribution in [-0.2, 0) is 10.2 Å². The quantitative estimate of drug-likeness (QED) is 0.891. The number of aryl methyl sites for hydroxylation is 1. The summed E-state index contributed by atoms with van der Waals surface area (Å²) in [6, 6.07) is 4.03. The highest BCUT2D eigenvalue weighted by Gasteiger charge is 2.42. The van der Waals surface area contributed by atoms with Crippen molar-refractivity contribution in [2.75, 3.05) is 33.4 Å². The minimum Gasteiger partial charge on any atom is -0.496 e. The molecule has 1 N–H and O–H groups in total. The highest BCUT2D eigenvalue weighted by molar-refractivity contribution is 6.31. The lowest BCUT2D eigenvalue weighted by Crippen LogP contribution is -2.53. The van der Waals surface area contributed by atoms with Crippen LogP contribution in [0.3, 0.4) is 0 Å². The van der Waals surface area contributed by atoms with Gasteiger partial charge in [0.1, 0.15) is 5.75 Å². The Kier molecular flexibility index (Phi) is 4.15. The summed E-state index contributed by atoms with van der Waals surface area (Å²) in [5.74, 6) is 0.901. The van der Waals surface area contributed by atoms with Crippen LogP contribution in [0.5, 0.6) is 5.75 Å². The molecule has 1 saturated heterocycles. The van der Waals surface area contributed by atoms with Crippen molar-refractivity contribution in [2.45, 2.75) is 19.3 Å². The number of rotatable bonds is 5. The number of hydrogen-bond acceptors (Lipinski definition) is 3. The Morgan fingerprint density at radius 2 is 2.17 bits per heavy atom. The van der Waals surface area contributed by atoms with E-state index in [-0.39, 0.29) is 5.41 Å². The van der Waals surface area contributed by atoms with Crippen molar-refractivity contribution in [3.63, 3.8) is 0 Å². The molecule has 0 atom stereocenters. The minimum atomic E-state index is -0.00130. The van der Waals surface area contributed by atoms with Crippen LogP contribution >= 0.6 is 11.6 Å². The SMILES string of the molecule is CCNCC1(c2cc(Cl)c(C)cc2OC)COC1. The summed E-state index contributed by atoms with van der Waals surface area (Å²) < 4.78 is 10.9. The highest BCUT2D eigenvalue weighted by atomic mass is 35.5. The summed E-state index contributed by atoms with van der Waals surface area (Å²) >= 11 is 6.25. The molecule has 0 aromatic heterocycles. The van der Waals surface area contributed by atoms with Crippen LogP contribution in [0.25, 0.3) is 0 Å². The second-order valence-electron chi connectivity index (χ2n) is 4.86. The summed E-state index contributed by atoms with van der Waals surface area (Å²) in [4.78, 5) is 0. The molecule has 1 heterocycles. The zero-order chi connectivity index (χ0) is 13.2. The number of ether oxygens (including phenoxy) is 2. The maximum Gasteiger partial charge on any atom is 0.123 e. The molecule has 1 aromatic rings. The fourth-order valence-electron chi connectivity index (χ4n) is 2.30. The van der Waals surface area contributed by atoms with Gasteiger partial charge >= 0.3 is 0 Å². The lowest BCUT2D eigenvalue weighted by atomic mass is 9.77. The second kappa shape index (κ2) is 5.47. The first kappa shape index (κ1) is 13.7. The first-order valence-electron chi connectivity index (χ1n) is 6.26. The van der Waals surface area contributed by atoms with Crippen LogP contribution in [0.4, 0.5) is 0 Å². The average molecular weight is 270 g/mol. The van der Waals surface area contributed by atoms with E-state index in [0.717, 1.165) is 48.2 Å². The van der Waals surface area contributed by atoms with Gasteiger partial charge in [0.25, 0.3) is 0 Å². The van der Waals surface area contributed by atoms with Gasteiger partial charge in [0.2, 0.25) is 0 Å². The minimum absolute atomic E-state index is 0.00130. The Bertz CT molecular complexity index is 430. The third kappa shape index (κ3) is 2.35. The van der Waals surface area contributed by atoms with Crippen LogP contribution < -0.4 is 10.1 Å². The summed E-state index contributed by atoms with van der Waals surface area (Å²) in [5, 5.41) is 4.18. The van der Waals surface area contributed by atoms with Crippen LogP contribution in [0.15, 0.2) is 12.1 Å². The van der Waals surface area contributed by atoms with Gasteiger partial charge in [0.05, 0.1) is 25.7 Å². The number of methoxy groups -OCH3 is 1. The molecule has 0 saturated carbocycles. The molecule has 0 spiro atoms. The molecule has 0 unspecified atom stereocenters. The van der Waals surface area contributed by atoms with Crippen molar-refractivity contribution in [3.05, 3.63) is 28.3 Å². The molecule has 2 rings (SSSR count). The van der Waals surface area contributed by atoms with E-state index in [4.69, 9.17) is 21.1 Å². The molecule has 0 radical (unpaired) electrons. The summed E-state index contributed by atoms with van der Waals surface area (Å²) in [6.07, 6.45) is 0. The van der Waals surface area contributed by atoms with Crippen LogP contribution in [0.2, 0.25) is 5.02 Å². The van der Waals surface area contributed by atoms with E-state index < -0.39 is 0 Å². The molecule has 1 aliphatic rings.